The molecule has 2 fully saturated rings. The van der Waals surface area contributed by atoms with Crippen LogP contribution in [0.2, 0.25) is 5.02 Å². The number of aliphatic hydroxyl groups is 1. The fourth-order valence-electron chi connectivity index (χ4n) is 7.12. The molecule has 0 bridgehead atoms. The number of hydrogen-bond acceptors (Lipinski definition) is 10. The Morgan fingerprint density at radius 3 is 2.60 bits per heavy atom. The lowest BCUT2D eigenvalue weighted by molar-refractivity contribution is -0.144. The maximum Gasteiger partial charge on any atom is 0.320 e. The number of β-amino-alcohol motifs (C(OH)–C–C–N with tert-alkyl or cyclic N) is 1. The molecular formula is C41H46ClN5O6. The van der Waals surface area contributed by atoms with Gasteiger partial charge in [-0.05, 0) is 92.6 Å². The summed E-state index contributed by atoms with van der Waals surface area (Å²) in [6, 6.07) is 14.8. The molecule has 0 aliphatic carbocycles. The Labute approximate surface area is 315 Å². The number of likely N-dealkylation sites (tertiary alicyclic amines) is 2. The molecule has 11 nitrogen and oxygen atoms in total. The molecule has 2 aromatic carbocycles. The first-order valence-electron chi connectivity index (χ1n) is 18.2. The van der Waals surface area contributed by atoms with Crippen LogP contribution in [-0.4, -0.2) is 80.9 Å². The number of rotatable bonds is 15. The van der Waals surface area contributed by atoms with Gasteiger partial charge in [0, 0.05) is 62.0 Å². The van der Waals surface area contributed by atoms with Gasteiger partial charge in [0.1, 0.15) is 42.6 Å². The van der Waals surface area contributed by atoms with Crippen molar-refractivity contribution >= 4 is 17.6 Å². The van der Waals surface area contributed by atoms with E-state index >= 15 is 0 Å². The van der Waals surface area contributed by atoms with Gasteiger partial charge in [-0.25, -0.2) is 0 Å². The third-order valence-electron chi connectivity index (χ3n) is 10.1. The van der Waals surface area contributed by atoms with Crippen molar-refractivity contribution in [2.24, 2.45) is 0 Å². The number of nitriles is 1. The van der Waals surface area contributed by atoms with Crippen LogP contribution in [0.1, 0.15) is 65.6 Å². The minimum absolute atomic E-state index is 0.145. The largest absolute Gasteiger partial charge is 0.493 e. The number of carboxylic acid groups (broad SMARTS) is 1. The molecule has 2 unspecified atom stereocenters. The van der Waals surface area contributed by atoms with Crippen molar-refractivity contribution in [2.45, 2.75) is 77.9 Å². The Morgan fingerprint density at radius 1 is 0.981 bits per heavy atom. The second-order valence-electron chi connectivity index (χ2n) is 13.8. The quantitative estimate of drug-likeness (QED) is 0.126. The summed E-state index contributed by atoms with van der Waals surface area (Å²) in [5.74, 6) is 0.911. The molecule has 2 aromatic heterocycles. The van der Waals surface area contributed by atoms with E-state index in [0.717, 1.165) is 90.1 Å². The molecule has 2 atom stereocenters. The highest BCUT2D eigenvalue weighted by molar-refractivity contribution is 6.32. The molecule has 12 heteroatoms. The van der Waals surface area contributed by atoms with Gasteiger partial charge < -0.3 is 29.3 Å². The molecule has 4 aromatic rings. The summed E-state index contributed by atoms with van der Waals surface area (Å²) >= 11 is 6.83. The zero-order chi connectivity index (χ0) is 37.3. The molecule has 2 N–H and O–H groups in total. The van der Waals surface area contributed by atoms with E-state index in [9.17, 15) is 20.3 Å². The van der Waals surface area contributed by atoms with E-state index < -0.39 is 12.0 Å². The maximum atomic E-state index is 12.1. The molecule has 0 spiro atoms. The molecule has 0 saturated carbocycles. The predicted octanol–water partition coefficient (Wildman–Crippen LogP) is 6.72. The van der Waals surface area contributed by atoms with Crippen LogP contribution in [0.15, 0.2) is 61.1 Å². The number of aliphatic hydroxyl groups excluding tert-OH is 1. The number of hydrogen-bond donors (Lipinski definition) is 2. The summed E-state index contributed by atoms with van der Waals surface area (Å²) in [7, 11) is 0. The molecule has 2 aliphatic heterocycles. The molecule has 53 heavy (non-hydrogen) atoms. The number of carboxylic acids is 1. The van der Waals surface area contributed by atoms with Crippen molar-refractivity contribution in [1.29, 1.82) is 5.26 Å². The lowest BCUT2D eigenvalue weighted by Crippen LogP contribution is -2.44. The molecule has 0 amide bonds. The fourth-order valence-corrected chi connectivity index (χ4v) is 7.36. The van der Waals surface area contributed by atoms with Crippen LogP contribution >= 0.6 is 11.6 Å². The molecule has 2 aliphatic rings. The van der Waals surface area contributed by atoms with Crippen LogP contribution in [0.4, 0.5) is 0 Å². The number of halogens is 1. The average Bonchev–Trinajstić information content (AvgIpc) is 3.58. The van der Waals surface area contributed by atoms with E-state index in [-0.39, 0.29) is 19.3 Å². The summed E-state index contributed by atoms with van der Waals surface area (Å²) in [5, 5.41) is 29.4. The van der Waals surface area contributed by atoms with Crippen molar-refractivity contribution in [2.75, 3.05) is 32.8 Å². The van der Waals surface area contributed by atoms with E-state index in [1.54, 1.807) is 30.6 Å². The van der Waals surface area contributed by atoms with Crippen LogP contribution in [0.25, 0.3) is 11.1 Å². The minimum Gasteiger partial charge on any atom is -0.493 e. The fraction of sp³-hybridized carbons (Fsp3) is 0.415. The van der Waals surface area contributed by atoms with Crippen LogP contribution in [0.5, 0.6) is 17.2 Å². The van der Waals surface area contributed by atoms with Gasteiger partial charge in [0.15, 0.2) is 0 Å². The highest BCUT2D eigenvalue weighted by Crippen LogP contribution is 2.37. The summed E-state index contributed by atoms with van der Waals surface area (Å²) in [4.78, 5) is 25.1. The lowest BCUT2D eigenvalue weighted by Gasteiger charge is -2.33. The van der Waals surface area contributed by atoms with E-state index in [0.29, 0.717) is 48.2 Å². The molecule has 4 heterocycles. The Balaban J connectivity index is 1.18. The van der Waals surface area contributed by atoms with Gasteiger partial charge in [0.25, 0.3) is 0 Å². The molecule has 278 valence electrons. The third-order valence-corrected chi connectivity index (χ3v) is 10.4. The Morgan fingerprint density at radius 2 is 1.81 bits per heavy atom. The smallest absolute Gasteiger partial charge is 0.320 e. The zero-order valence-electron chi connectivity index (χ0n) is 30.3. The SMILES string of the molecule is Cc1c(OCCCN2CCC(O)C2)cccc1-c1ccnc(COc2cc(OCc3cncc(C#N)c3)c(CN3CCCCC3C(=O)O)cc2Cl)c1C. The second-order valence-corrected chi connectivity index (χ2v) is 14.2. The number of pyridine rings is 2. The van der Waals surface area contributed by atoms with Gasteiger partial charge >= 0.3 is 5.97 Å². The average molecular weight is 740 g/mol. The lowest BCUT2D eigenvalue weighted by atomic mass is 9.96. The van der Waals surface area contributed by atoms with Crippen LogP contribution in [0.3, 0.4) is 0 Å². The van der Waals surface area contributed by atoms with Gasteiger partial charge in [-0.3, -0.25) is 19.7 Å². The number of piperidine rings is 1. The predicted molar refractivity (Wildman–Crippen MR) is 201 cm³/mol. The standard InChI is InChI=1S/C41H46ClN5O6/c1-27-34(33-7-5-9-38(28(33)2)51-16-6-13-46-15-11-32(48)24-46)10-12-45-36(27)26-53-40-19-39(52-25-30-17-29(20-43)21-44-22-30)31(18-35(40)42)23-47-14-4-3-8-37(47)41(49)50/h5,7,9-10,12,17-19,21-22,32,37,48H,3-4,6,8,11,13-16,23-26H2,1-2H3,(H,49,50). The topological polar surface area (TPSA) is 141 Å². The number of aliphatic carboxylic acids is 1. The number of aromatic nitrogens is 2. The number of benzene rings is 2. The Hall–Kier alpha value is -4.73. The number of carbonyl (C=O) groups is 1. The van der Waals surface area contributed by atoms with Crippen LogP contribution < -0.4 is 14.2 Å². The Kier molecular flexibility index (Phi) is 12.8. The van der Waals surface area contributed by atoms with Crippen molar-refractivity contribution in [1.82, 2.24) is 19.8 Å². The molecule has 6 rings (SSSR count). The van der Waals surface area contributed by atoms with Crippen molar-refractivity contribution in [3.05, 3.63) is 99.6 Å². The first-order chi connectivity index (χ1) is 25.7. The van der Waals surface area contributed by atoms with E-state index in [4.69, 9.17) is 25.8 Å². The van der Waals surface area contributed by atoms with E-state index in [1.165, 1.54) is 6.20 Å². The maximum absolute atomic E-state index is 12.1. The van der Waals surface area contributed by atoms with Gasteiger partial charge in [-0.1, -0.05) is 30.2 Å². The number of ether oxygens (including phenoxy) is 3. The summed E-state index contributed by atoms with van der Waals surface area (Å²) in [5.41, 5.74) is 6.73. The van der Waals surface area contributed by atoms with Gasteiger partial charge in [0.05, 0.1) is 29.0 Å². The highest BCUT2D eigenvalue weighted by Gasteiger charge is 2.29. The number of nitrogens with zero attached hydrogens (tertiary/aromatic N) is 5. The molecular weight excluding hydrogens is 694 g/mol. The van der Waals surface area contributed by atoms with Crippen LogP contribution in [-0.2, 0) is 24.6 Å². The minimum atomic E-state index is -0.840. The highest BCUT2D eigenvalue weighted by atomic mass is 35.5. The normalized spacial score (nSPS) is 17.7. The monoisotopic (exact) mass is 739 g/mol. The van der Waals surface area contributed by atoms with Crippen molar-refractivity contribution < 1.29 is 29.2 Å². The van der Waals surface area contributed by atoms with Crippen molar-refractivity contribution in [3.8, 4) is 34.4 Å². The third kappa shape index (κ3) is 9.64. The summed E-state index contributed by atoms with van der Waals surface area (Å²) in [6.07, 6.45) is 8.78. The molecule has 2 saturated heterocycles. The van der Waals surface area contributed by atoms with Crippen LogP contribution in [0, 0.1) is 25.2 Å². The molecule has 0 radical (unpaired) electrons. The first-order valence-corrected chi connectivity index (χ1v) is 18.5. The second kappa shape index (κ2) is 17.9. The van der Waals surface area contributed by atoms with Crippen molar-refractivity contribution in [3.63, 3.8) is 0 Å². The first kappa shape index (κ1) is 38.0. The van der Waals surface area contributed by atoms with E-state index in [1.807, 2.05) is 30.0 Å². The van der Waals surface area contributed by atoms with Gasteiger partial charge in [0.2, 0.25) is 0 Å². The zero-order valence-corrected chi connectivity index (χ0v) is 31.0. The van der Waals surface area contributed by atoms with Gasteiger partial charge in [-0.15, -0.1) is 0 Å². The summed E-state index contributed by atoms with van der Waals surface area (Å²) < 4.78 is 18.8. The van der Waals surface area contributed by atoms with E-state index in [2.05, 4.69) is 33.9 Å². The summed E-state index contributed by atoms with van der Waals surface area (Å²) in [6.45, 7) is 8.55. The van der Waals surface area contributed by atoms with Gasteiger partial charge in [-0.2, -0.15) is 5.26 Å². The Bertz CT molecular complexity index is 1950.